The molecule has 1 aliphatic carbocycles. The largest absolute Gasteiger partial charge is 0.339 e. The molecule has 1 aromatic heterocycles. The minimum atomic E-state index is -0.188. The van der Waals surface area contributed by atoms with E-state index in [1.165, 1.54) is 4.90 Å². The van der Waals surface area contributed by atoms with Crippen LogP contribution in [0, 0.1) is 23.7 Å². The average Bonchev–Trinajstić information content (AvgIpc) is 3.11. The molecule has 1 saturated carbocycles. The van der Waals surface area contributed by atoms with Gasteiger partial charge in [-0.2, -0.15) is 5.26 Å². The topological polar surface area (TPSA) is 49.0 Å². The molecule has 4 nitrogen and oxygen atoms in total. The smallest absolute Gasteiger partial charge is 0.272 e. The molecular weight excluding hydrogens is 294 g/mol. The molecule has 0 aliphatic heterocycles. The van der Waals surface area contributed by atoms with E-state index >= 15 is 0 Å². The van der Waals surface area contributed by atoms with Gasteiger partial charge in [-0.25, -0.2) is 0 Å². The minimum absolute atomic E-state index is 0.0104. The lowest BCUT2D eigenvalue weighted by atomic mass is 10.3. The van der Waals surface area contributed by atoms with Gasteiger partial charge in [0.15, 0.2) is 0 Å². The Labute approximate surface area is 114 Å². The summed E-state index contributed by atoms with van der Waals surface area (Å²) >= 11 is 3.38. The number of carbonyl (C=O) groups excluding carboxylic acids is 1. The average molecular weight is 306 g/mol. The maximum absolute atomic E-state index is 12.3. The fourth-order valence-electron chi connectivity index (χ4n) is 1.83. The number of terminal acetylenes is 1. The van der Waals surface area contributed by atoms with Gasteiger partial charge in [-0.3, -0.25) is 4.79 Å². The van der Waals surface area contributed by atoms with Crippen molar-refractivity contribution in [3.63, 3.8) is 0 Å². The molecule has 2 rings (SSSR count). The van der Waals surface area contributed by atoms with Gasteiger partial charge < -0.3 is 9.47 Å². The summed E-state index contributed by atoms with van der Waals surface area (Å²) in [5.74, 6) is 2.22. The first-order chi connectivity index (χ1) is 8.67. The highest BCUT2D eigenvalue weighted by atomic mass is 79.9. The van der Waals surface area contributed by atoms with Crippen molar-refractivity contribution in [1.29, 1.82) is 5.26 Å². The molecule has 0 radical (unpaired) electrons. The second-order valence-electron chi connectivity index (χ2n) is 4.21. The van der Waals surface area contributed by atoms with Crippen LogP contribution in [0.15, 0.2) is 16.7 Å². The van der Waals surface area contributed by atoms with Crippen molar-refractivity contribution >= 4 is 21.8 Å². The predicted octanol–water partition coefficient (Wildman–Crippen LogP) is 2.18. The lowest BCUT2D eigenvalue weighted by Crippen LogP contribution is -2.33. The van der Waals surface area contributed by atoms with E-state index in [9.17, 15) is 4.79 Å². The molecular formula is C13H12BrN3O. The summed E-state index contributed by atoms with van der Waals surface area (Å²) in [6, 6.07) is 4.15. The normalized spacial score (nSPS) is 13.7. The Morgan fingerprint density at radius 1 is 1.61 bits per heavy atom. The van der Waals surface area contributed by atoms with Crippen LogP contribution in [0.5, 0.6) is 0 Å². The first-order valence-electron chi connectivity index (χ1n) is 5.64. The van der Waals surface area contributed by atoms with Crippen molar-refractivity contribution in [1.82, 2.24) is 9.47 Å². The summed E-state index contributed by atoms with van der Waals surface area (Å²) in [6.45, 7) is 0.163. The van der Waals surface area contributed by atoms with Crippen molar-refractivity contribution in [2.24, 2.45) is 0 Å². The van der Waals surface area contributed by atoms with E-state index in [0.717, 1.165) is 17.3 Å². The maximum Gasteiger partial charge on any atom is 0.272 e. The summed E-state index contributed by atoms with van der Waals surface area (Å²) in [5, 5.41) is 8.73. The van der Waals surface area contributed by atoms with Crippen LogP contribution >= 0.6 is 15.9 Å². The number of aromatic nitrogens is 1. The van der Waals surface area contributed by atoms with Crippen molar-refractivity contribution in [3.8, 4) is 18.4 Å². The van der Waals surface area contributed by atoms with Crippen LogP contribution in [0.1, 0.15) is 29.4 Å². The van der Waals surface area contributed by atoms with Crippen LogP contribution in [0.2, 0.25) is 0 Å². The molecule has 0 unspecified atom stereocenters. The number of nitriles is 1. The lowest BCUT2D eigenvalue weighted by molar-refractivity contribution is 0.0784. The third-order valence-electron chi connectivity index (χ3n) is 2.81. The monoisotopic (exact) mass is 305 g/mol. The van der Waals surface area contributed by atoms with E-state index < -0.39 is 0 Å². The first kappa shape index (κ1) is 12.7. The Hall–Kier alpha value is -1.72. The van der Waals surface area contributed by atoms with Gasteiger partial charge >= 0.3 is 0 Å². The van der Waals surface area contributed by atoms with Crippen LogP contribution in [-0.2, 0) is 0 Å². The number of rotatable bonds is 4. The van der Waals surface area contributed by atoms with E-state index in [0.29, 0.717) is 11.7 Å². The maximum atomic E-state index is 12.3. The number of nitrogens with zero attached hydrogens (tertiary/aromatic N) is 3. The SMILES string of the molecule is C#CCN(CC#N)C(=O)c1cc(Br)cn1C1CC1. The Morgan fingerprint density at radius 2 is 2.33 bits per heavy atom. The zero-order chi connectivity index (χ0) is 13.1. The molecule has 0 N–H and O–H groups in total. The molecule has 1 aliphatic rings. The molecule has 0 atom stereocenters. The molecule has 0 bridgehead atoms. The molecule has 1 aromatic rings. The molecule has 0 saturated heterocycles. The molecule has 18 heavy (non-hydrogen) atoms. The van der Waals surface area contributed by atoms with Crippen molar-refractivity contribution in [2.45, 2.75) is 18.9 Å². The van der Waals surface area contributed by atoms with Gasteiger partial charge in [0.25, 0.3) is 5.91 Å². The summed E-state index contributed by atoms with van der Waals surface area (Å²) in [5.41, 5.74) is 0.592. The summed E-state index contributed by atoms with van der Waals surface area (Å²) in [4.78, 5) is 13.7. The third-order valence-corrected chi connectivity index (χ3v) is 3.24. The highest BCUT2D eigenvalue weighted by molar-refractivity contribution is 9.10. The van der Waals surface area contributed by atoms with Gasteiger partial charge in [-0.1, -0.05) is 5.92 Å². The fourth-order valence-corrected chi connectivity index (χ4v) is 2.27. The highest BCUT2D eigenvalue weighted by Crippen LogP contribution is 2.37. The van der Waals surface area contributed by atoms with E-state index in [1.54, 1.807) is 6.07 Å². The summed E-state index contributed by atoms with van der Waals surface area (Å²) in [6.07, 6.45) is 9.31. The van der Waals surface area contributed by atoms with Crippen LogP contribution in [0.4, 0.5) is 0 Å². The standard InChI is InChI=1S/C13H12BrN3O/c1-2-6-16(7-5-15)13(18)12-8-10(14)9-17(12)11-3-4-11/h1,8-9,11H,3-4,6-7H2. The van der Waals surface area contributed by atoms with Gasteiger partial charge in [-0.15, -0.1) is 6.42 Å². The molecule has 0 aromatic carbocycles. The number of amides is 1. The zero-order valence-electron chi connectivity index (χ0n) is 9.77. The van der Waals surface area contributed by atoms with E-state index in [-0.39, 0.29) is 19.0 Å². The Kier molecular flexibility index (Phi) is 3.74. The van der Waals surface area contributed by atoms with Gasteiger partial charge in [0.2, 0.25) is 0 Å². The van der Waals surface area contributed by atoms with E-state index in [2.05, 4.69) is 21.9 Å². The fraction of sp³-hybridized carbons (Fsp3) is 0.385. The molecule has 0 spiro atoms. The van der Waals surface area contributed by atoms with Crippen molar-refractivity contribution in [3.05, 3.63) is 22.4 Å². The van der Waals surface area contributed by atoms with Crippen LogP contribution in [0.25, 0.3) is 0 Å². The number of carbonyl (C=O) groups is 1. The molecule has 1 fully saturated rings. The van der Waals surface area contributed by atoms with Gasteiger partial charge in [0.1, 0.15) is 12.2 Å². The molecule has 92 valence electrons. The number of hydrogen-bond donors (Lipinski definition) is 0. The van der Waals surface area contributed by atoms with Gasteiger partial charge in [0, 0.05) is 16.7 Å². The molecule has 5 heteroatoms. The second-order valence-corrected chi connectivity index (χ2v) is 5.12. The summed E-state index contributed by atoms with van der Waals surface area (Å²) in [7, 11) is 0. The van der Waals surface area contributed by atoms with Crippen LogP contribution < -0.4 is 0 Å². The van der Waals surface area contributed by atoms with Crippen LogP contribution in [-0.4, -0.2) is 28.5 Å². The minimum Gasteiger partial charge on any atom is -0.339 e. The van der Waals surface area contributed by atoms with Gasteiger partial charge in [-0.05, 0) is 34.8 Å². The van der Waals surface area contributed by atoms with Gasteiger partial charge in [0.05, 0.1) is 12.6 Å². The van der Waals surface area contributed by atoms with Crippen molar-refractivity contribution < 1.29 is 4.79 Å². The Morgan fingerprint density at radius 3 is 2.89 bits per heavy atom. The quantitative estimate of drug-likeness (QED) is 0.632. The summed E-state index contributed by atoms with van der Waals surface area (Å²) < 4.78 is 2.84. The lowest BCUT2D eigenvalue weighted by Gasteiger charge is -2.17. The first-order valence-corrected chi connectivity index (χ1v) is 6.43. The number of halogens is 1. The molecule has 1 heterocycles. The predicted molar refractivity (Wildman–Crippen MR) is 70.8 cm³/mol. The highest BCUT2D eigenvalue weighted by Gasteiger charge is 2.29. The molecule has 1 amide bonds. The van der Waals surface area contributed by atoms with E-state index in [4.69, 9.17) is 11.7 Å². The third kappa shape index (κ3) is 2.57. The number of hydrogen-bond acceptors (Lipinski definition) is 2. The zero-order valence-corrected chi connectivity index (χ0v) is 11.4. The van der Waals surface area contributed by atoms with Crippen LogP contribution in [0.3, 0.4) is 0 Å². The van der Waals surface area contributed by atoms with E-state index in [1.807, 2.05) is 16.8 Å². The Bertz CT molecular complexity index is 530. The Balaban J connectivity index is 2.26. The second kappa shape index (κ2) is 5.29. The van der Waals surface area contributed by atoms with Crippen molar-refractivity contribution in [2.75, 3.05) is 13.1 Å².